The second-order valence-electron chi connectivity index (χ2n) is 8.04. The third-order valence-corrected chi connectivity index (χ3v) is 5.95. The van der Waals surface area contributed by atoms with Crippen LogP contribution in [0.5, 0.6) is 0 Å². The fraction of sp³-hybridized carbons (Fsp3) is 0.348. The van der Waals surface area contributed by atoms with Gasteiger partial charge in [-0.15, -0.1) is 0 Å². The first-order valence-corrected chi connectivity index (χ1v) is 10.8. The van der Waals surface area contributed by atoms with E-state index >= 15 is 0 Å². The molecule has 0 aliphatic carbocycles. The molecule has 8 heteroatoms. The summed E-state index contributed by atoms with van der Waals surface area (Å²) in [5.41, 5.74) is 3.44. The fourth-order valence-corrected chi connectivity index (χ4v) is 3.98. The smallest absolute Gasteiger partial charge is 0.229 e. The first-order valence-electron chi connectivity index (χ1n) is 10.5. The number of piperidine rings is 1. The number of hydrogen-bond acceptors (Lipinski definition) is 5. The molecule has 0 radical (unpaired) electrons. The molecule has 1 aliphatic rings. The Kier molecular flexibility index (Phi) is 6.53. The quantitative estimate of drug-likeness (QED) is 0.611. The standard InChI is InChI=1S/C23H27ClN6O/c1-29-9-7-18(8-10-29)26-19-11-17(14-25-15-19)21-13-22(30(2)28-21)27-23(31)12-16-5-3-4-6-20(16)24/h3-6,11,13-15,18,26H,7-10,12H2,1-2H3,(H,27,31). The molecule has 2 aromatic heterocycles. The lowest BCUT2D eigenvalue weighted by Gasteiger charge is -2.30. The van der Waals surface area contributed by atoms with Gasteiger partial charge in [-0.25, -0.2) is 0 Å². The van der Waals surface area contributed by atoms with Crippen molar-refractivity contribution in [1.29, 1.82) is 0 Å². The van der Waals surface area contributed by atoms with Gasteiger partial charge < -0.3 is 15.5 Å². The lowest BCUT2D eigenvalue weighted by Crippen LogP contribution is -2.36. The van der Waals surface area contributed by atoms with Crippen LogP contribution in [0, 0.1) is 0 Å². The van der Waals surface area contributed by atoms with Crippen LogP contribution in [0.25, 0.3) is 11.3 Å². The first-order chi connectivity index (χ1) is 15.0. The molecule has 3 aromatic rings. The summed E-state index contributed by atoms with van der Waals surface area (Å²) in [6, 6.07) is 11.7. The van der Waals surface area contributed by atoms with Crippen LogP contribution in [0.15, 0.2) is 48.8 Å². The van der Waals surface area contributed by atoms with Gasteiger partial charge in [0.05, 0.1) is 17.8 Å². The molecular formula is C23H27ClN6O. The summed E-state index contributed by atoms with van der Waals surface area (Å²) in [5, 5.41) is 11.7. The number of likely N-dealkylation sites (tertiary alicyclic amines) is 1. The minimum Gasteiger partial charge on any atom is -0.381 e. The molecule has 162 valence electrons. The minimum atomic E-state index is -0.140. The number of carbonyl (C=O) groups is 1. The third-order valence-electron chi connectivity index (χ3n) is 5.58. The molecule has 0 bridgehead atoms. The maximum atomic E-state index is 12.5. The summed E-state index contributed by atoms with van der Waals surface area (Å²) in [5.74, 6) is 0.485. The number of aryl methyl sites for hydroxylation is 1. The highest BCUT2D eigenvalue weighted by molar-refractivity contribution is 6.31. The van der Waals surface area contributed by atoms with Crippen molar-refractivity contribution in [2.24, 2.45) is 7.05 Å². The molecule has 31 heavy (non-hydrogen) atoms. The number of carbonyl (C=O) groups excluding carboxylic acids is 1. The first kappa shape index (κ1) is 21.3. The van der Waals surface area contributed by atoms with Crippen molar-refractivity contribution >= 4 is 29.0 Å². The summed E-state index contributed by atoms with van der Waals surface area (Å²) in [6.07, 6.45) is 6.07. The molecule has 2 N–H and O–H groups in total. The number of anilines is 2. The summed E-state index contributed by atoms with van der Waals surface area (Å²) in [7, 11) is 3.97. The van der Waals surface area contributed by atoms with Crippen LogP contribution < -0.4 is 10.6 Å². The zero-order chi connectivity index (χ0) is 21.8. The van der Waals surface area contributed by atoms with E-state index < -0.39 is 0 Å². The summed E-state index contributed by atoms with van der Waals surface area (Å²) in [4.78, 5) is 19.2. The van der Waals surface area contributed by atoms with Crippen LogP contribution in [0.3, 0.4) is 0 Å². The van der Waals surface area contributed by atoms with E-state index in [9.17, 15) is 4.79 Å². The van der Waals surface area contributed by atoms with Crippen LogP contribution in [0.4, 0.5) is 11.5 Å². The average Bonchev–Trinajstić information content (AvgIpc) is 3.12. The van der Waals surface area contributed by atoms with Gasteiger partial charge in [0.2, 0.25) is 5.91 Å². The maximum Gasteiger partial charge on any atom is 0.229 e. The van der Waals surface area contributed by atoms with Crippen molar-refractivity contribution in [2.45, 2.75) is 25.3 Å². The van der Waals surface area contributed by atoms with E-state index in [1.165, 1.54) is 0 Å². The average molecular weight is 439 g/mol. The third kappa shape index (κ3) is 5.42. The lowest BCUT2D eigenvalue weighted by atomic mass is 10.1. The number of aromatic nitrogens is 3. The van der Waals surface area contributed by atoms with Crippen molar-refractivity contribution in [3.05, 3.63) is 59.4 Å². The van der Waals surface area contributed by atoms with Gasteiger partial charge in [0, 0.05) is 42.1 Å². The zero-order valence-corrected chi connectivity index (χ0v) is 18.6. The van der Waals surface area contributed by atoms with Crippen molar-refractivity contribution in [3.63, 3.8) is 0 Å². The van der Waals surface area contributed by atoms with E-state index in [0.29, 0.717) is 16.9 Å². The normalized spacial score (nSPS) is 15.1. The van der Waals surface area contributed by atoms with Crippen LogP contribution in [-0.4, -0.2) is 51.8 Å². The van der Waals surface area contributed by atoms with E-state index in [2.05, 4.69) is 38.7 Å². The van der Waals surface area contributed by atoms with E-state index in [1.807, 2.05) is 37.5 Å². The van der Waals surface area contributed by atoms with E-state index in [1.54, 1.807) is 16.9 Å². The number of pyridine rings is 1. The molecule has 1 saturated heterocycles. The summed E-state index contributed by atoms with van der Waals surface area (Å²) >= 11 is 6.17. The van der Waals surface area contributed by atoms with Crippen molar-refractivity contribution in [1.82, 2.24) is 19.7 Å². The van der Waals surface area contributed by atoms with Gasteiger partial charge in [-0.1, -0.05) is 29.8 Å². The van der Waals surface area contributed by atoms with Gasteiger partial charge in [0.15, 0.2) is 0 Å². The van der Waals surface area contributed by atoms with Gasteiger partial charge in [-0.2, -0.15) is 5.10 Å². The number of rotatable bonds is 6. The van der Waals surface area contributed by atoms with Gasteiger partial charge >= 0.3 is 0 Å². The molecule has 0 unspecified atom stereocenters. The molecule has 7 nitrogen and oxygen atoms in total. The molecule has 4 rings (SSSR count). The Morgan fingerprint density at radius 1 is 1.16 bits per heavy atom. The molecule has 0 spiro atoms. The van der Waals surface area contributed by atoms with E-state index in [0.717, 1.165) is 48.4 Å². The molecule has 1 fully saturated rings. The number of nitrogens with zero attached hydrogens (tertiary/aromatic N) is 4. The number of benzene rings is 1. The predicted octanol–water partition coefficient (Wildman–Crippen LogP) is 3.82. The Hall–Kier alpha value is -2.90. The Morgan fingerprint density at radius 3 is 2.71 bits per heavy atom. The van der Waals surface area contributed by atoms with Crippen LogP contribution >= 0.6 is 11.6 Å². The molecule has 0 atom stereocenters. The topological polar surface area (TPSA) is 75.1 Å². The SMILES string of the molecule is CN1CCC(Nc2cncc(-c3cc(NC(=O)Cc4ccccc4Cl)n(C)n3)c2)CC1. The highest BCUT2D eigenvalue weighted by Gasteiger charge is 2.17. The van der Waals surface area contributed by atoms with Crippen LogP contribution in [0.2, 0.25) is 5.02 Å². The summed E-state index contributed by atoms with van der Waals surface area (Å²) < 4.78 is 1.66. The number of amides is 1. The fourth-order valence-electron chi connectivity index (χ4n) is 3.77. The van der Waals surface area contributed by atoms with Crippen LogP contribution in [0.1, 0.15) is 18.4 Å². The largest absolute Gasteiger partial charge is 0.381 e. The second kappa shape index (κ2) is 9.49. The number of halogens is 1. The van der Waals surface area contributed by atoms with Crippen molar-refractivity contribution in [3.8, 4) is 11.3 Å². The number of hydrogen-bond donors (Lipinski definition) is 2. The lowest BCUT2D eigenvalue weighted by molar-refractivity contribution is -0.115. The molecule has 1 aromatic carbocycles. The maximum absolute atomic E-state index is 12.5. The molecular weight excluding hydrogens is 412 g/mol. The van der Waals surface area contributed by atoms with Gasteiger partial charge in [0.1, 0.15) is 5.82 Å². The van der Waals surface area contributed by atoms with E-state index in [4.69, 9.17) is 11.6 Å². The Balaban J connectivity index is 1.43. The summed E-state index contributed by atoms with van der Waals surface area (Å²) in [6.45, 7) is 2.20. The second-order valence-corrected chi connectivity index (χ2v) is 8.45. The minimum absolute atomic E-state index is 0.140. The molecule has 1 aliphatic heterocycles. The molecule has 1 amide bonds. The highest BCUT2D eigenvalue weighted by Crippen LogP contribution is 2.25. The van der Waals surface area contributed by atoms with Gasteiger partial charge in [-0.3, -0.25) is 14.5 Å². The molecule has 0 saturated carbocycles. The van der Waals surface area contributed by atoms with Gasteiger partial charge in [-0.05, 0) is 50.7 Å². The molecule has 3 heterocycles. The monoisotopic (exact) mass is 438 g/mol. The number of nitrogens with one attached hydrogen (secondary N) is 2. The Labute approximate surface area is 187 Å². The van der Waals surface area contributed by atoms with Crippen molar-refractivity contribution < 1.29 is 4.79 Å². The van der Waals surface area contributed by atoms with Crippen LogP contribution in [-0.2, 0) is 18.3 Å². The predicted molar refractivity (Wildman–Crippen MR) is 124 cm³/mol. The van der Waals surface area contributed by atoms with Crippen molar-refractivity contribution in [2.75, 3.05) is 30.8 Å². The van der Waals surface area contributed by atoms with E-state index in [-0.39, 0.29) is 12.3 Å². The highest BCUT2D eigenvalue weighted by atomic mass is 35.5. The zero-order valence-electron chi connectivity index (χ0n) is 17.8. The Morgan fingerprint density at radius 2 is 1.94 bits per heavy atom. The Bertz CT molecular complexity index is 1060. The van der Waals surface area contributed by atoms with Gasteiger partial charge in [0.25, 0.3) is 0 Å².